The van der Waals surface area contributed by atoms with Gasteiger partial charge in [-0.05, 0) is 31.2 Å². The Balaban J connectivity index is 1.79. The van der Waals surface area contributed by atoms with Crippen LogP contribution in [-0.2, 0) is 19.2 Å². The third-order valence-electron chi connectivity index (χ3n) is 5.31. The van der Waals surface area contributed by atoms with Gasteiger partial charge in [0.2, 0.25) is 0 Å². The van der Waals surface area contributed by atoms with Crippen LogP contribution < -0.4 is 0 Å². The number of esters is 1. The van der Waals surface area contributed by atoms with Gasteiger partial charge >= 0.3 is 17.9 Å². The molecule has 1 unspecified atom stereocenters. The van der Waals surface area contributed by atoms with Gasteiger partial charge in [0.15, 0.2) is 0 Å². The molecule has 4 rings (SSSR count). The third-order valence-corrected chi connectivity index (χ3v) is 5.31. The van der Waals surface area contributed by atoms with Crippen LogP contribution in [0.25, 0.3) is 17.0 Å². The van der Waals surface area contributed by atoms with Gasteiger partial charge < -0.3 is 19.2 Å². The summed E-state index contributed by atoms with van der Waals surface area (Å²) in [4.78, 5) is 40.5. The van der Waals surface area contributed by atoms with Crippen molar-refractivity contribution in [3.8, 4) is 0 Å². The van der Waals surface area contributed by atoms with E-state index in [0.717, 1.165) is 16.5 Å². The number of hydrogen-bond acceptors (Lipinski definition) is 6. The number of rotatable bonds is 6. The first kappa shape index (κ1) is 21.0. The van der Waals surface area contributed by atoms with Crippen LogP contribution in [-0.4, -0.2) is 40.4 Å². The van der Waals surface area contributed by atoms with Crippen molar-refractivity contribution < 1.29 is 29.1 Å². The van der Waals surface area contributed by atoms with Gasteiger partial charge in [-0.25, -0.2) is 9.59 Å². The molecule has 2 aromatic carbocycles. The molecule has 0 saturated carbocycles. The summed E-state index contributed by atoms with van der Waals surface area (Å²) >= 11 is 0. The van der Waals surface area contributed by atoms with Crippen LogP contribution in [0.4, 0.5) is 0 Å². The number of nitrogens with zero attached hydrogens (tertiary/aromatic N) is 2. The van der Waals surface area contributed by atoms with E-state index in [1.807, 2.05) is 42.0 Å². The first-order valence-electron chi connectivity index (χ1n) is 9.90. The van der Waals surface area contributed by atoms with Crippen LogP contribution in [0.5, 0.6) is 0 Å². The molecule has 162 valence electrons. The lowest BCUT2D eigenvalue weighted by Gasteiger charge is -2.13. The third kappa shape index (κ3) is 3.90. The van der Waals surface area contributed by atoms with Gasteiger partial charge in [0.1, 0.15) is 5.71 Å². The lowest BCUT2D eigenvalue weighted by molar-refractivity contribution is -0.141. The lowest BCUT2D eigenvalue weighted by atomic mass is 9.99. The Hall–Kier alpha value is -4.20. The maximum atomic E-state index is 12.5. The van der Waals surface area contributed by atoms with E-state index in [-0.39, 0.29) is 35.3 Å². The highest BCUT2D eigenvalue weighted by Crippen LogP contribution is 2.30. The smallest absolute Gasteiger partial charge is 0.368 e. The van der Waals surface area contributed by atoms with Gasteiger partial charge in [0.25, 0.3) is 0 Å². The molecule has 0 aliphatic carbocycles. The van der Waals surface area contributed by atoms with Crippen molar-refractivity contribution in [3.05, 3.63) is 77.0 Å². The van der Waals surface area contributed by atoms with E-state index in [0.29, 0.717) is 5.56 Å². The maximum Gasteiger partial charge on any atom is 0.368 e. The fourth-order valence-corrected chi connectivity index (χ4v) is 3.71. The number of methoxy groups -OCH3 is 1. The van der Waals surface area contributed by atoms with Crippen LogP contribution in [0.1, 0.15) is 40.9 Å². The molecule has 0 saturated heterocycles. The summed E-state index contributed by atoms with van der Waals surface area (Å²) in [6, 6.07) is 13.6. The van der Waals surface area contributed by atoms with Crippen molar-refractivity contribution in [2.75, 3.05) is 7.11 Å². The summed E-state index contributed by atoms with van der Waals surface area (Å²) in [5.41, 5.74) is 2.66. The molecule has 1 aliphatic heterocycles. The number of aromatic carboxylic acids is 1. The Morgan fingerprint density at radius 2 is 2.00 bits per heavy atom. The van der Waals surface area contributed by atoms with Crippen LogP contribution >= 0.6 is 0 Å². The standard InChI is InChI=1S/C24H20N2O6/c1-14(10-21(27)31-2)26-13-17(18-8-3-4-9-20(18)26)12-19-22(25-32-24(19)30)15-6-5-7-16(11-15)23(28)29/h3-9,11-14H,10H2,1-2H3,(H,28,29). The minimum absolute atomic E-state index is 0.0807. The van der Waals surface area contributed by atoms with Gasteiger partial charge in [0, 0.05) is 34.3 Å². The van der Waals surface area contributed by atoms with E-state index in [9.17, 15) is 19.5 Å². The van der Waals surface area contributed by atoms with E-state index >= 15 is 0 Å². The lowest BCUT2D eigenvalue weighted by Crippen LogP contribution is -2.11. The topological polar surface area (TPSA) is 107 Å². The van der Waals surface area contributed by atoms with Crippen molar-refractivity contribution in [3.63, 3.8) is 0 Å². The summed E-state index contributed by atoms with van der Waals surface area (Å²) in [5.74, 6) is -2.02. The summed E-state index contributed by atoms with van der Waals surface area (Å²) in [6.07, 6.45) is 3.73. The monoisotopic (exact) mass is 432 g/mol. The van der Waals surface area contributed by atoms with Crippen LogP contribution in [0.15, 0.2) is 65.5 Å². The van der Waals surface area contributed by atoms with Gasteiger partial charge in [0.05, 0.1) is 24.7 Å². The molecular formula is C24H20N2O6. The SMILES string of the molecule is COC(=O)CC(C)n1cc(C=C2C(=O)ON=C2c2cccc(C(=O)O)c2)c2ccccc21. The van der Waals surface area contributed by atoms with Gasteiger partial charge in [-0.1, -0.05) is 35.5 Å². The summed E-state index contributed by atoms with van der Waals surface area (Å²) in [7, 11) is 1.35. The number of fused-ring (bicyclic) bond motifs is 1. The van der Waals surface area contributed by atoms with Crippen molar-refractivity contribution >= 4 is 40.6 Å². The van der Waals surface area contributed by atoms with E-state index in [2.05, 4.69) is 5.16 Å². The molecule has 8 nitrogen and oxygen atoms in total. The molecule has 0 radical (unpaired) electrons. The minimum Gasteiger partial charge on any atom is -0.478 e. The molecule has 3 aromatic rings. The minimum atomic E-state index is -1.08. The highest BCUT2D eigenvalue weighted by atomic mass is 16.7. The fourth-order valence-electron chi connectivity index (χ4n) is 3.71. The van der Waals surface area contributed by atoms with Crippen molar-refractivity contribution in [1.29, 1.82) is 0 Å². The Kier molecular flexibility index (Phi) is 5.59. The molecule has 0 spiro atoms. The molecule has 1 aliphatic rings. The molecular weight excluding hydrogens is 412 g/mol. The summed E-state index contributed by atoms with van der Waals surface area (Å²) in [5, 5.41) is 14.0. The number of aromatic nitrogens is 1. The molecule has 32 heavy (non-hydrogen) atoms. The van der Waals surface area contributed by atoms with Crippen LogP contribution in [0, 0.1) is 0 Å². The number of carbonyl (C=O) groups excluding carboxylic acids is 2. The van der Waals surface area contributed by atoms with Crippen LogP contribution in [0.2, 0.25) is 0 Å². The Morgan fingerprint density at radius 1 is 1.22 bits per heavy atom. The summed E-state index contributed by atoms with van der Waals surface area (Å²) < 4.78 is 6.75. The van der Waals surface area contributed by atoms with E-state index in [1.54, 1.807) is 18.2 Å². The number of carboxylic acid groups (broad SMARTS) is 1. The first-order chi connectivity index (χ1) is 15.4. The second kappa shape index (κ2) is 8.50. The molecule has 2 heterocycles. The van der Waals surface area contributed by atoms with Gasteiger partial charge in [-0.2, -0.15) is 0 Å². The molecule has 0 amide bonds. The Morgan fingerprint density at radius 3 is 2.75 bits per heavy atom. The van der Waals surface area contributed by atoms with E-state index in [4.69, 9.17) is 9.57 Å². The number of carbonyl (C=O) groups is 3. The molecule has 1 N–H and O–H groups in total. The Labute approximate surface area is 183 Å². The average molecular weight is 432 g/mol. The highest BCUT2D eigenvalue weighted by molar-refractivity contribution is 6.31. The van der Waals surface area contributed by atoms with Gasteiger partial charge in [-0.15, -0.1) is 0 Å². The van der Waals surface area contributed by atoms with Crippen molar-refractivity contribution in [1.82, 2.24) is 4.57 Å². The molecule has 1 aromatic heterocycles. The average Bonchev–Trinajstić information content (AvgIpc) is 3.35. The molecule has 0 bridgehead atoms. The second-order valence-corrected chi connectivity index (χ2v) is 7.40. The first-order valence-corrected chi connectivity index (χ1v) is 9.90. The number of hydrogen-bond donors (Lipinski definition) is 1. The molecule has 8 heteroatoms. The summed E-state index contributed by atoms with van der Waals surface area (Å²) in [6.45, 7) is 1.91. The predicted octanol–water partition coefficient (Wildman–Crippen LogP) is 3.81. The van der Waals surface area contributed by atoms with Crippen LogP contribution in [0.3, 0.4) is 0 Å². The molecule has 0 fully saturated rings. The normalized spacial score (nSPS) is 15.5. The predicted molar refractivity (Wildman–Crippen MR) is 117 cm³/mol. The van der Waals surface area contributed by atoms with Crippen molar-refractivity contribution in [2.45, 2.75) is 19.4 Å². The van der Waals surface area contributed by atoms with Crippen molar-refractivity contribution in [2.24, 2.45) is 5.16 Å². The van der Waals surface area contributed by atoms with Gasteiger partial charge in [-0.3, -0.25) is 4.79 Å². The second-order valence-electron chi connectivity index (χ2n) is 7.40. The number of benzene rings is 2. The zero-order valence-corrected chi connectivity index (χ0v) is 17.4. The zero-order chi connectivity index (χ0) is 22.8. The highest BCUT2D eigenvalue weighted by Gasteiger charge is 2.28. The zero-order valence-electron chi connectivity index (χ0n) is 17.4. The largest absolute Gasteiger partial charge is 0.478 e. The maximum absolute atomic E-state index is 12.5. The number of carboxylic acids is 1. The Bertz CT molecular complexity index is 1300. The quantitative estimate of drug-likeness (QED) is 0.361. The number of ether oxygens (including phenoxy) is 1. The van der Waals surface area contributed by atoms with E-state index < -0.39 is 11.9 Å². The molecule has 1 atom stereocenters. The number of oxime groups is 1. The fraction of sp³-hybridized carbons (Fsp3) is 0.167. The number of para-hydroxylation sites is 1. The van der Waals surface area contributed by atoms with E-state index in [1.165, 1.54) is 19.2 Å².